The molecule has 1 aromatic heterocycles. The molecule has 116 valence electrons. The van der Waals surface area contributed by atoms with Crippen LogP contribution in [0, 0.1) is 10.1 Å². The summed E-state index contributed by atoms with van der Waals surface area (Å²) in [7, 11) is 0. The minimum Gasteiger partial charge on any atom is -0.384 e. The Bertz CT molecular complexity index is 651. The van der Waals surface area contributed by atoms with E-state index in [-0.39, 0.29) is 5.69 Å². The lowest BCUT2D eigenvalue weighted by Gasteiger charge is -2.22. The Morgan fingerprint density at radius 3 is 2.86 bits per heavy atom. The number of nitrogens with zero attached hydrogens (tertiary/aromatic N) is 1. The van der Waals surface area contributed by atoms with Crippen molar-refractivity contribution in [1.29, 1.82) is 0 Å². The monoisotopic (exact) mass is 318 g/mol. The van der Waals surface area contributed by atoms with Gasteiger partial charge in [0.2, 0.25) is 0 Å². The number of hydrogen-bond acceptors (Lipinski definition) is 5. The third-order valence-corrected chi connectivity index (χ3v) is 3.99. The Morgan fingerprint density at radius 1 is 1.41 bits per heavy atom. The smallest absolute Gasteiger partial charge is 0.276 e. The second-order valence-electron chi connectivity index (χ2n) is 5.14. The summed E-state index contributed by atoms with van der Waals surface area (Å²) in [6, 6.07) is 8.49. The number of para-hydroxylation sites is 1. The Labute approximate surface area is 133 Å². The predicted molar refractivity (Wildman–Crippen MR) is 88.9 cm³/mol. The lowest BCUT2D eigenvalue weighted by atomic mass is 9.99. The molecule has 0 aliphatic heterocycles. The van der Waals surface area contributed by atoms with E-state index in [4.69, 9.17) is 0 Å². The first-order valence-corrected chi connectivity index (χ1v) is 7.81. The summed E-state index contributed by atoms with van der Waals surface area (Å²) < 4.78 is 0. The molecule has 0 aliphatic rings. The van der Waals surface area contributed by atoms with Crippen molar-refractivity contribution in [2.75, 3.05) is 13.1 Å². The first kappa shape index (κ1) is 16.4. The van der Waals surface area contributed by atoms with Gasteiger partial charge in [-0.05, 0) is 35.4 Å². The number of nitrogens with one attached hydrogen (secondary N) is 1. The summed E-state index contributed by atoms with van der Waals surface area (Å²) >= 11 is 1.55. The van der Waals surface area contributed by atoms with Crippen LogP contribution in [0.15, 0.2) is 47.2 Å². The fourth-order valence-corrected chi connectivity index (χ4v) is 2.84. The molecule has 0 radical (unpaired) electrons. The van der Waals surface area contributed by atoms with E-state index in [1.54, 1.807) is 42.5 Å². The molecule has 2 N–H and O–H groups in total. The van der Waals surface area contributed by atoms with Gasteiger partial charge < -0.3 is 10.4 Å². The third-order valence-electron chi connectivity index (χ3n) is 3.31. The van der Waals surface area contributed by atoms with E-state index in [0.717, 1.165) is 5.56 Å². The van der Waals surface area contributed by atoms with Crippen LogP contribution in [-0.2, 0) is 5.60 Å². The molecule has 22 heavy (non-hydrogen) atoms. The van der Waals surface area contributed by atoms with E-state index in [9.17, 15) is 15.2 Å². The normalized spacial score (nSPS) is 14.1. The van der Waals surface area contributed by atoms with Crippen LogP contribution in [-0.4, -0.2) is 23.1 Å². The van der Waals surface area contributed by atoms with Crippen LogP contribution < -0.4 is 5.32 Å². The van der Waals surface area contributed by atoms with Crippen LogP contribution in [0.5, 0.6) is 0 Å². The van der Waals surface area contributed by atoms with Crippen molar-refractivity contribution in [3.63, 3.8) is 0 Å². The van der Waals surface area contributed by atoms with Crippen molar-refractivity contribution in [2.24, 2.45) is 0 Å². The first-order valence-electron chi connectivity index (χ1n) is 6.86. The van der Waals surface area contributed by atoms with Crippen LogP contribution in [0.4, 0.5) is 5.69 Å². The molecule has 0 bridgehead atoms. The van der Waals surface area contributed by atoms with Gasteiger partial charge in [0.1, 0.15) is 0 Å². The van der Waals surface area contributed by atoms with Crippen molar-refractivity contribution >= 4 is 23.1 Å². The minimum absolute atomic E-state index is 0.0871. The average Bonchev–Trinajstić information content (AvgIpc) is 3.02. The topological polar surface area (TPSA) is 75.4 Å². The van der Waals surface area contributed by atoms with E-state index in [1.807, 2.05) is 22.9 Å². The highest BCUT2D eigenvalue weighted by Gasteiger charge is 2.22. The van der Waals surface area contributed by atoms with Crippen molar-refractivity contribution in [3.8, 4) is 0 Å². The van der Waals surface area contributed by atoms with Gasteiger partial charge in [-0.3, -0.25) is 10.1 Å². The number of hydrogen-bond donors (Lipinski definition) is 2. The highest BCUT2D eigenvalue weighted by Crippen LogP contribution is 2.22. The lowest BCUT2D eigenvalue weighted by molar-refractivity contribution is -0.385. The number of benzene rings is 1. The van der Waals surface area contributed by atoms with E-state index in [1.165, 1.54) is 6.07 Å². The summed E-state index contributed by atoms with van der Waals surface area (Å²) in [5.74, 6) is 0. The van der Waals surface area contributed by atoms with Crippen LogP contribution in [0.25, 0.3) is 6.08 Å². The third kappa shape index (κ3) is 4.24. The van der Waals surface area contributed by atoms with Crippen molar-refractivity contribution < 1.29 is 10.0 Å². The molecule has 1 unspecified atom stereocenters. The molecule has 0 saturated carbocycles. The Balaban J connectivity index is 1.88. The SMILES string of the molecule is CC(O)(CNC/C=C/c1ccccc1[N+](=O)[O-])c1ccsc1. The van der Waals surface area contributed by atoms with Gasteiger partial charge in [0.05, 0.1) is 16.1 Å². The molecular weight excluding hydrogens is 300 g/mol. The molecule has 2 aromatic rings. The molecule has 2 rings (SSSR count). The first-order chi connectivity index (χ1) is 10.5. The second-order valence-corrected chi connectivity index (χ2v) is 5.92. The molecule has 1 aromatic carbocycles. The van der Waals surface area contributed by atoms with E-state index >= 15 is 0 Å². The zero-order chi connectivity index (χ0) is 16.0. The molecule has 1 heterocycles. The molecular formula is C16H18N2O3S. The summed E-state index contributed by atoms with van der Waals surface area (Å²) in [4.78, 5) is 10.5. The molecule has 6 heteroatoms. The average molecular weight is 318 g/mol. The maximum Gasteiger partial charge on any atom is 0.276 e. The summed E-state index contributed by atoms with van der Waals surface area (Å²) in [5.41, 5.74) is 0.614. The van der Waals surface area contributed by atoms with E-state index in [2.05, 4.69) is 5.32 Å². The predicted octanol–water partition coefficient (Wildman–Crippen LogP) is 3.17. The quantitative estimate of drug-likeness (QED) is 0.467. The minimum atomic E-state index is -0.924. The molecule has 0 saturated heterocycles. The summed E-state index contributed by atoms with van der Waals surface area (Å²) in [6.07, 6.45) is 3.52. The van der Waals surface area contributed by atoms with Crippen molar-refractivity contribution in [2.45, 2.75) is 12.5 Å². The number of rotatable bonds is 7. The zero-order valence-electron chi connectivity index (χ0n) is 12.2. The maximum atomic E-state index is 10.9. The maximum absolute atomic E-state index is 10.9. The van der Waals surface area contributed by atoms with Crippen molar-refractivity contribution in [3.05, 3.63) is 68.4 Å². The zero-order valence-corrected chi connectivity index (χ0v) is 13.0. The van der Waals surface area contributed by atoms with Crippen molar-refractivity contribution in [1.82, 2.24) is 5.32 Å². The Kier molecular flexibility index (Phi) is 5.43. The van der Waals surface area contributed by atoms with Gasteiger partial charge in [-0.25, -0.2) is 0 Å². The molecule has 0 amide bonds. The van der Waals surface area contributed by atoms with Gasteiger partial charge in [0, 0.05) is 19.2 Å². The number of nitro groups is 1. The Hall–Kier alpha value is -2.02. The van der Waals surface area contributed by atoms with Gasteiger partial charge in [-0.2, -0.15) is 11.3 Å². The molecule has 0 fully saturated rings. The number of aliphatic hydroxyl groups is 1. The van der Waals surface area contributed by atoms with E-state index < -0.39 is 10.5 Å². The standard InChI is InChI=1S/C16H18N2O3S/c1-16(19,14-8-10-22-11-14)12-17-9-4-6-13-5-2-3-7-15(13)18(20)21/h2-8,10-11,17,19H,9,12H2,1H3/b6-4+. The summed E-state index contributed by atoms with van der Waals surface area (Å²) in [5, 5.41) is 28.2. The lowest BCUT2D eigenvalue weighted by Crippen LogP contribution is -2.35. The fraction of sp³-hybridized carbons (Fsp3) is 0.250. The van der Waals surface area contributed by atoms with Gasteiger partial charge in [0.25, 0.3) is 5.69 Å². The highest BCUT2D eigenvalue weighted by molar-refractivity contribution is 7.08. The number of nitro benzene ring substituents is 1. The van der Waals surface area contributed by atoms with Crippen LogP contribution >= 0.6 is 11.3 Å². The second kappa shape index (κ2) is 7.31. The highest BCUT2D eigenvalue weighted by atomic mass is 32.1. The Morgan fingerprint density at radius 2 is 2.18 bits per heavy atom. The van der Waals surface area contributed by atoms with Gasteiger partial charge in [-0.15, -0.1) is 0 Å². The van der Waals surface area contributed by atoms with Crippen LogP contribution in [0.2, 0.25) is 0 Å². The van der Waals surface area contributed by atoms with Gasteiger partial charge in [-0.1, -0.05) is 24.3 Å². The van der Waals surface area contributed by atoms with E-state index in [0.29, 0.717) is 18.7 Å². The largest absolute Gasteiger partial charge is 0.384 e. The van der Waals surface area contributed by atoms with Gasteiger partial charge in [0.15, 0.2) is 0 Å². The molecule has 1 atom stereocenters. The van der Waals surface area contributed by atoms with Crippen LogP contribution in [0.1, 0.15) is 18.1 Å². The summed E-state index contributed by atoms with van der Waals surface area (Å²) in [6.45, 7) is 2.69. The molecule has 5 nitrogen and oxygen atoms in total. The van der Waals surface area contributed by atoms with Gasteiger partial charge >= 0.3 is 0 Å². The number of thiophene rings is 1. The molecule has 0 spiro atoms. The molecule has 0 aliphatic carbocycles. The fourth-order valence-electron chi connectivity index (χ4n) is 2.05. The van der Waals surface area contributed by atoms with Crippen LogP contribution in [0.3, 0.4) is 0 Å².